The zero-order chi connectivity index (χ0) is 18.2. The minimum Gasteiger partial charge on any atom is -0.497 e. The number of ether oxygens (including phenoxy) is 2. The van der Waals surface area contributed by atoms with Crippen LogP contribution in [0.15, 0.2) is 48.5 Å². The average molecular weight is 362 g/mol. The topological polar surface area (TPSA) is 47.6 Å². The van der Waals surface area contributed by atoms with E-state index in [1.54, 1.807) is 7.11 Å². The minimum atomic E-state index is -0.210. The molecule has 134 valence electrons. The molecule has 0 heterocycles. The summed E-state index contributed by atoms with van der Waals surface area (Å²) in [6, 6.07) is 14.8. The summed E-state index contributed by atoms with van der Waals surface area (Å²) in [7, 11) is 1.62. The van der Waals surface area contributed by atoms with Gasteiger partial charge in [-0.1, -0.05) is 37.6 Å². The number of halogens is 1. The molecule has 1 amide bonds. The number of carbonyl (C=O) groups excluding carboxylic acids is 1. The van der Waals surface area contributed by atoms with Crippen molar-refractivity contribution in [1.82, 2.24) is 5.32 Å². The lowest BCUT2D eigenvalue weighted by molar-refractivity contribution is -0.123. The van der Waals surface area contributed by atoms with Gasteiger partial charge in [0.2, 0.25) is 5.91 Å². The largest absolute Gasteiger partial charge is 0.497 e. The number of methoxy groups -OCH3 is 1. The lowest BCUT2D eigenvalue weighted by atomic mass is 9.87. The van der Waals surface area contributed by atoms with Crippen molar-refractivity contribution < 1.29 is 14.3 Å². The van der Waals surface area contributed by atoms with Crippen molar-refractivity contribution in [3.05, 3.63) is 59.1 Å². The molecule has 2 rings (SSSR count). The van der Waals surface area contributed by atoms with E-state index in [2.05, 4.69) is 5.32 Å². The first kappa shape index (κ1) is 19.1. The Balaban J connectivity index is 1.85. The van der Waals surface area contributed by atoms with E-state index >= 15 is 0 Å². The first-order valence-corrected chi connectivity index (χ1v) is 8.69. The van der Waals surface area contributed by atoms with Gasteiger partial charge >= 0.3 is 0 Å². The quantitative estimate of drug-likeness (QED) is 0.714. The van der Waals surface area contributed by atoms with Crippen molar-refractivity contribution >= 4 is 17.5 Å². The van der Waals surface area contributed by atoms with Gasteiger partial charge in [0.05, 0.1) is 19.6 Å². The van der Waals surface area contributed by atoms with Crippen LogP contribution < -0.4 is 14.8 Å². The highest BCUT2D eigenvalue weighted by Gasteiger charge is 2.23. The fourth-order valence-electron chi connectivity index (χ4n) is 2.63. The standard InChI is InChI=1S/C20H24ClNO3/c1-14(2)19(15-4-6-16(21)7-5-15)20(23)22-12-13-25-18-10-8-17(24-3)9-11-18/h4-11,14,19H,12-13H2,1-3H3,(H,22,23)/t19-/m0/s1. The molecule has 0 aromatic heterocycles. The van der Waals surface area contributed by atoms with Gasteiger partial charge in [0, 0.05) is 5.02 Å². The van der Waals surface area contributed by atoms with Gasteiger partial charge in [-0.3, -0.25) is 4.79 Å². The maximum Gasteiger partial charge on any atom is 0.227 e. The van der Waals surface area contributed by atoms with Crippen LogP contribution in [0.2, 0.25) is 5.02 Å². The third kappa shape index (κ3) is 5.68. The Kier molecular flexibility index (Phi) is 7.14. The molecule has 0 aliphatic heterocycles. The molecule has 0 radical (unpaired) electrons. The third-order valence-corrected chi connectivity index (χ3v) is 4.16. The molecule has 0 unspecified atom stereocenters. The smallest absolute Gasteiger partial charge is 0.227 e. The molecule has 0 saturated carbocycles. The van der Waals surface area contributed by atoms with Crippen LogP contribution in [0.25, 0.3) is 0 Å². The summed E-state index contributed by atoms with van der Waals surface area (Å²) < 4.78 is 10.7. The van der Waals surface area contributed by atoms with Gasteiger partial charge in [-0.2, -0.15) is 0 Å². The molecule has 0 aliphatic carbocycles. The summed E-state index contributed by atoms with van der Waals surface area (Å²) in [5, 5.41) is 3.61. The second-order valence-corrected chi connectivity index (χ2v) is 6.52. The van der Waals surface area contributed by atoms with E-state index in [1.807, 2.05) is 62.4 Å². The summed E-state index contributed by atoms with van der Waals surface area (Å²) in [6.07, 6.45) is 0. The first-order valence-electron chi connectivity index (χ1n) is 8.31. The van der Waals surface area contributed by atoms with Crippen LogP contribution in [0.4, 0.5) is 0 Å². The number of carbonyl (C=O) groups is 1. The Hall–Kier alpha value is -2.20. The van der Waals surface area contributed by atoms with Crippen LogP contribution in [0.3, 0.4) is 0 Å². The highest BCUT2D eigenvalue weighted by atomic mass is 35.5. The lowest BCUT2D eigenvalue weighted by Gasteiger charge is -2.21. The van der Waals surface area contributed by atoms with Gasteiger partial charge in [-0.05, 0) is 47.9 Å². The van der Waals surface area contributed by atoms with Crippen LogP contribution in [-0.4, -0.2) is 26.2 Å². The summed E-state index contributed by atoms with van der Waals surface area (Å²) in [5.41, 5.74) is 0.966. The molecule has 2 aromatic carbocycles. The molecule has 0 aliphatic rings. The molecule has 0 spiro atoms. The van der Waals surface area contributed by atoms with E-state index in [4.69, 9.17) is 21.1 Å². The normalized spacial score (nSPS) is 11.9. The molecule has 5 heteroatoms. The Morgan fingerprint density at radius 3 is 2.20 bits per heavy atom. The van der Waals surface area contributed by atoms with Crippen LogP contribution >= 0.6 is 11.6 Å². The van der Waals surface area contributed by atoms with E-state index in [0.29, 0.717) is 18.2 Å². The number of hydrogen-bond acceptors (Lipinski definition) is 3. The van der Waals surface area contributed by atoms with E-state index in [9.17, 15) is 4.79 Å². The second kappa shape index (κ2) is 9.33. The fourth-order valence-corrected chi connectivity index (χ4v) is 2.76. The molecule has 0 fully saturated rings. The molecule has 0 saturated heterocycles. The average Bonchev–Trinajstić information content (AvgIpc) is 2.61. The first-order chi connectivity index (χ1) is 12.0. The van der Waals surface area contributed by atoms with Crippen LogP contribution in [0.1, 0.15) is 25.3 Å². The molecule has 1 N–H and O–H groups in total. The maximum atomic E-state index is 12.5. The Labute approximate surface area is 154 Å². The summed E-state index contributed by atoms with van der Waals surface area (Å²) in [6.45, 7) is 4.92. The minimum absolute atomic E-state index is 0.00402. The maximum absolute atomic E-state index is 12.5. The number of rotatable bonds is 8. The molecule has 4 nitrogen and oxygen atoms in total. The van der Waals surface area contributed by atoms with Gasteiger partial charge < -0.3 is 14.8 Å². The number of benzene rings is 2. The zero-order valence-corrected chi connectivity index (χ0v) is 15.5. The van der Waals surface area contributed by atoms with Gasteiger partial charge in [0.25, 0.3) is 0 Å². The van der Waals surface area contributed by atoms with E-state index in [-0.39, 0.29) is 17.7 Å². The highest BCUT2D eigenvalue weighted by Crippen LogP contribution is 2.26. The molecule has 0 bridgehead atoms. The van der Waals surface area contributed by atoms with E-state index in [1.165, 1.54) is 0 Å². The highest BCUT2D eigenvalue weighted by molar-refractivity contribution is 6.30. The number of amides is 1. The summed E-state index contributed by atoms with van der Waals surface area (Å²) >= 11 is 5.93. The lowest BCUT2D eigenvalue weighted by Crippen LogP contribution is -2.34. The number of nitrogens with one attached hydrogen (secondary N) is 1. The SMILES string of the molecule is COc1ccc(OCCNC(=O)[C@H](c2ccc(Cl)cc2)C(C)C)cc1. The Morgan fingerprint density at radius 1 is 1.04 bits per heavy atom. The Morgan fingerprint density at radius 2 is 1.64 bits per heavy atom. The van der Waals surface area contributed by atoms with Crippen molar-refractivity contribution in [2.45, 2.75) is 19.8 Å². The van der Waals surface area contributed by atoms with Gasteiger partial charge in [0.1, 0.15) is 18.1 Å². The van der Waals surface area contributed by atoms with E-state index in [0.717, 1.165) is 17.1 Å². The number of hydrogen-bond donors (Lipinski definition) is 1. The summed E-state index contributed by atoms with van der Waals surface area (Å²) in [5.74, 6) is 1.49. The fraction of sp³-hybridized carbons (Fsp3) is 0.350. The van der Waals surface area contributed by atoms with Crippen molar-refractivity contribution in [1.29, 1.82) is 0 Å². The van der Waals surface area contributed by atoms with Gasteiger partial charge in [-0.15, -0.1) is 0 Å². The molecule has 1 atom stereocenters. The van der Waals surface area contributed by atoms with E-state index < -0.39 is 0 Å². The van der Waals surface area contributed by atoms with Crippen molar-refractivity contribution in [2.75, 3.05) is 20.3 Å². The molecule has 25 heavy (non-hydrogen) atoms. The predicted octanol–water partition coefficient (Wildman–Crippen LogP) is 4.28. The monoisotopic (exact) mass is 361 g/mol. The third-order valence-electron chi connectivity index (χ3n) is 3.91. The molecular formula is C20H24ClNO3. The van der Waals surface area contributed by atoms with Gasteiger partial charge in [-0.25, -0.2) is 0 Å². The van der Waals surface area contributed by atoms with Crippen LogP contribution in [-0.2, 0) is 4.79 Å². The van der Waals surface area contributed by atoms with Crippen LogP contribution in [0.5, 0.6) is 11.5 Å². The second-order valence-electron chi connectivity index (χ2n) is 6.09. The van der Waals surface area contributed by atoms with Crippen molar-refractivity contribution in [2.24, 2.45) is 5.92 Å². The van der Waals surface area contributed by atoms with Crippen molar-refractivity contribution in [3.63, 3.8) is 0 Å². The van der Waals surface area contributed by atoms with Crippen molar-refractivity contribution in [3.8, 4) is 11.5 Å². The molecule has 2 aromatic rings. The summed E-state index contributed by atoms with van der Waals surface area (Å²) in [4.78, 5) is 12.5. The van der Waals surface area contributed by atoms with Gasteiger partial charge in [0.15, 0.2) is 0 Å². The Bertz CT molecular complexity index is 668. The zero-order valence-electron chi connectivity index (χ0n) is 14.8. The van der Waals surface area contributed by atoms with Crippen LogP contribution in [0, 0.1) is 5.92 Å². The predicted molar refractivity (Wildman–Crippen MR) is 101 cm³/mol. The molecular weight excluding hydrogens is 338 g/mol.